The number of rotatable bonds is 3. The Morgan fingerprint density at radius 2 is 2.14 bits per heavy atom. The smallest absolute Gasteiger partial charge is 0.140 e. The summed E-state index contributed by atoms with van der Waals surface area (Å²) in [6.07, 6.45) is 0.716. The van der Waals surface area contributed by atoms with E-state index in [0.717, 1.165) is 12.0 Å². The molecule has 1 rings (SSSR count). The van der Waals surface area contributed by atoms with Crippen LogP contribution in [0.15, 0.2) is 16.6 Å². The molecule has 1 N–H and O–H groups in total. The predicted octanol–water partition coefficient (Wildman–Crippen LogP) is 3.07. The first-order valence-electron chi connectivity index (χ1n) is 4.69. The largest absolute Gasteiger partial charge is 0.393 e. The van der Waals surface area contributed by atoms with Gasteiger partial charge in [-0.2, -0.15) is 0 Å². The Kier molecular flexibility index (Phi) is 4.08. The van der Waals surface area contributed by atoms with Crippen molar-refractivity contribution in [1.82, 2.24) is 0 Å². The Balaban J connectivity index is 3.07. The average Bonchev–Trinajstić information content (AvgIpc) is 2.11. The first kappa shape index (κ1) is 11.7. The monoisotopic (exact) mass is 260 g/mol. The summed E-state index contributed by atoms with van der Waals surface area (Å²) < 4.78 is 14.0. The summed E-state index contributed by atoms with van der Waals surface area (Å²) in [4.78, 5) is 0. The zero-order valence-electron chi connectivity index (χ0n) is 8.35. The van der Waals surface area contributed by atoms with E-state index in [2.05, 4.69) is 15.9 Å². The first-order chi connectivity index (χ1) is 6.54. The van der Waals surface area contributed by atoms with Crippen molar-refractivity contribution in [3.8, 4) is 0 Å². The van der Waals surface area contributed by atoms with E-state index in [0.29, 0.717) is 16.5 Å². The van der Waals surface area contributed by atoms with Gasteiger partial charge >= 0.3 is 0 Å². The van der Waals surface area contributed by atoms with Gasteiger partial charge in [-0.1, -0.05) is 13.0 Å². The second-order valence-corrected chi connectivity index (χ2v) is 4.31. The number of hydrogen-bond acceptors (Lipinski definition) is 1. The second-order valence-electron chi connectivity index (χ2n) is 3.46. The molecule has 0 heterocycles. The van der Waals surface area contributed by atoms with Gasteiger partial charge in [-0.25, -0.2) is 4.39 Å². The zero-order valence-corrected chi connectivity index (χ0v) is 9.94. The fourth-order valence-electron chi connectivity index (χ4n) is 1.38. The Labute approximate surface area is 92.1 Å². The van der Waals surface area contributed by atoms with Crippen molar-refractivity contribution in [2.24, 2.45) is 0 Å². The molecule has 1 aromatic rings. The predicted molar refractivity (Wildman–Crippen MR) is 58.9 cm³/mol. The lowest BCUT2D eigenvalue weighted by atomic mass is 10.0. The van der Waals surface area contributed by atoms with Crippen LogP contribution in [0.25, 0.3) is 0 Å². The lowest BCUT2D eigenvalue weighted by Gasteiger charge is -2.09. The van der Waals surface area contributed by atoms with Gasteiger partial charge in [0.2, 0.25) is 0 Å². The van der Waals surface area contributed by atoms with Crippen LogP contribution in [-0.2, 0) is 12.8 Å². The Morgan fingerprint density at radius 1 is 1.50 bits per heavy atom. The molecule has 1 nitrogen and oxygen atoms in total. The first-order valence-corrected chi connectivity index (χ1v) is 5.48. The molecule has 0 saturated heterocycles. The topological polar surface area (TPSA) is 20.2 Å². The third-order valence-corrected chi connectivity index (χ3v) is 2.66. The van der Waals surface area contributed by atoms with E-state index in [9.17, 15) is 9.50 Å². The normalized spacial score (nSPS) is 12.9. The zero-order chi connectivity index (χ0) is 10.7. The summed E-state index contributed by atoms with van der Waals surface area (Å²) in [5.74, 6) is -0.261. The second kappa shape index (κ2) is 4.89. The molecule has 0 spiro atoms. The third-order valence-electron chi connectivity index (χ3n) is 2.09. The highest BCUT2D eigenvalue weighted by Gasteiger charge is 2.10. The fourth-order valence-corrected chi connectivity index (χ4v) is 1.93. The molecule has 0 aromatic heterocycles. The Bertz CT molecular complexity index is 323. The van der Waals surface area contributed by atoms with E-state index in [-0.39, 0.29) is 5.82 Å². The van der Waals surface area contributed by atoms with Crippen LogP contribution in [-0.4, -0.2) is 11.2 Å². The van der Waals surface area contributed by atoms with Gasteiger partial charge in [-0.3, -0.25) is 0 Å². The van der Waals surface area contributed by atoms with Gasteiger partial charge in [0.05, 0.1) is 10.6 Å². The third kappa shape index (κ3) is 2.79. The molecule has 1 aromatic carbocycles. The molecule has 78 valence electrons. The molecule has 1 atom stereocenters. The van der Waals surface area contributed by atoms with E-state index in [1.54, 1.807) is 13.0 Å². The van der Waals surface area contributed by atoms with Gasteiger partial charge in [0.25, 0.3) is 0 Å². The van der Waals surface area contributed by atoms with E-state index in [1.807, 2.05) is 13.0 Å². The van der Waals surface area contributed by atoms with Crippen molar-refractivity contribution in [1.29, 1.82) is 0 Å². The van der Waals surface area contributed by atoms with Crippen LogP contribution in [0.2, 0.25) is 0 Å². The maximum atomic E-state index is 13.5. The molecule has 14 heavy (non-hydrogen) atoms. The lowest BCUT2D eigenvalue weighted by Crippen LogP contribution is -2.07. The van der Waals surface area contributed by atoms with E-state index < -0.39 is 6.10 Å². The van der Waals surface area contributed by atoms with Gasteiger partial charge in [-0.05, 0) is 46.5 Å². The van der Waals surface area contributed by atoms with Gasteiger partial charge in [0.1, 0.15) is 5.82 Å². The molecule has 0 aliphatic carbocycles. The highest BCUT2D eigenvalue weighted by atomic mass is 79.9. The van der Waals surface area contributed by atoms with Gasteiger partial charge < -0.3 is 5.11 Å². The molecule has 0 aliphatic heterocycles. The van der Waals surface area contributed by atoms with Crippen molar-refractivity contribution < 1.29 is 9.50 Å². The average molecular weight is 261 g/mol. The molecule has 0 amide bonds. The van der Waals surface area contributed by atoms with Crippen molar-refractivity contribution >= 4 is 15.9 Å². The van der Waals surface area contributed by atoms with Gasteiger partial charge in [0, 0.05) is 6.42 Å². The lowest BCUT2D eigenvalue weighted by molar-refractivity contribution is 0.194. The fraction of sp³-hybridized carbons (Fsp3) is 0.455. The summed E-state index contributed by atoms with van der Waals surface area (Å²) in [5.41, 5.74) is 1.65. The maximum Gasteiger partial charge on any atom is 0.140 e. The molecule has 0 fully saturated rings. The van der Waals surface area contributed by atoms with Gasteiger partial charge in [-0.15, -0.1) is 0 Å². The number of hydrogen-bond donors (Lipinski definition) is 1. The number of aryl methyl sites for hydroxylation is 1. The molecule has 0 radical (unpaired) electrons. The summed E-state index contributed by atoms with van der Waals surface area (Å²) in [6, 6.07) is 3.59. The SMILES string of the molecule is CCc1cc(Br)c(F)c(CC(C)O)c1. The van der Waals surface area contributed by atoms with Crippen LogP contribution in [0.4, 0.5) is 4.39 Å². The highest BCUT2D eigenvalue weighted by Crippen LogP contribution is 2.22. The van der Waals surface area contributed by atoms with Crippen LogP contribution >= 0.6 is 15.9 Å². The minimum absolute atomic E-state index is 0.261. The Hall–Kier alpha value is -0.410. The number of aliphatic hydroxyl groups excluding tert-OH is 1. The van der Waals surface area contributed by atoms with Crippen molar-refractivity contribution in [2.45, 2.75) is 32.8 Å². The summed E-state index contributed by atoms with van der Waals surface area (Å²) >= 11 is 3.17. The molecule has 0 bridgehead atoms. The molecular weight excluding hydrogens is 247 g/mol. The van der Waals surface area contributed by atoms with Crippen LogP contribution in [0.1, 0.15) is 25.0 Å². The number of benzene rings is 1. The molecule has 1 unspecified atom stereocenters. The highest BCUT2D eigenvalue weighted by molar-refractivity contribution is 9.10. The van der Waals surface area contributed by atoms with Crippen LogP contribution < -0.4 is 0 Å². The van der Waals surface area contributed by atoms with Crippen molar-refractivity contribution in [3.05, 3.63) is 33.5 Å². The van der Waals surface area contributed by atoms with Crippen molar-refractivity contribution in [3.63, 3.8) is 0 Å². The quantitative estimate of drug-likeness (QED) is 0.886. The van der Waals surface area contributed by atoms with E-state index in [1.165, 1.54) is 0 Å². The molecule has 0 saturated carbocycles. The summed E-state index contributed by atoms with van der Waals surface area (Å²) in [5, 5.41) is 9.20. The van der Waals surface area contributed by atoms with E-state index in [4.69, 9.17) is 0 Å². The Morgan fingerprint density at radius 3 is 2.64 bits per heavy atom. The minimum atomic E-state index is -0.511. The summed E-state index contributed by atoms with van der Waals surface area (Å²) in [6.45, 7) is 3.68. The standard InChI is InChI=1S/C11H14BrFO/c1-3-8-5-9(4-7(2)14)11(13)10(12)6-8/h5-7,14H,3-4H2,1-2H3. The molecule has 0 aliphatic rings. The molecular formula is C11H14BrFO. The van der Waals surface area contributed by atoms with Crippen LogP contribution in [0.3, 0.4) is 0 Å². The maximum absolute atomic E-state index is 13.5. The van der Waals surface area contributed by atoms with Crippen LogP contribution in [0.5, 0.6) is 0 Å². The minimum Gasteiger partial charge on any atom is -0.393 e. The van der Waals surface area contributed by atoms with Crippen LogP contribution in [0, 0.1) is 5.82 Å². The van der Waals surface area contributed by atoms with Gasteiger partial charge in [0.15, 0.2) is 0 Å². The molecule has 3 heteroatoms. The van der Waals surface area contributed by atoms with E-state index >= 15 is 0 Å². The summed E-state index contributed by atoms with van der Waals surface area (Å²) in [7, 11) is 0. The van der Waals surface area contributed by atoms with Crippen molar-refractivity contribution in [2.75, 3.05) is 0 Å². The number of aliphatic hydroxyl groups is 1. The number of halogens is 2.